The summed E-state index contributed by atoms with van der Waals surface area (Å²) in [5, 5.41) is 9.76. The van der Waals surface area contributed by atoms with Gasteiger partial charge in [-0.15, -0.1) is 11.3 Å². The molecule has 35 heavy (non-hydrogen) atoms. The lowest BCUT2D eigenvalue weighted by atomic mass is 9.94. The van der Waals surface area contributed by atoms with E-state index in [9.17, 15) is 19.6 Å². The van der Waals surface area contributed by atoms with Crippen molar-refractivity contribution in [2.45, 2.75) is 53.9 Å². The molecule has 0 unspecified atom stereocenters. The van der Waals surface area contributed by atoms with Gasteiger partial charge in [-0.2, -0.15) is 5.26 Å². The summed E-state index contributed by atoms with van der Waals surface area (Å²) in [5.74, 6) is -0.711. The molecule has 0 saturated carbocycles. The van der Waals surface area contributed by atoms with Gasteiger partial charge in [-0.25, -0.2) is 9.59 Å². The number of ether oxygens (including phenoxy) is 3. The smallest absolute Gasteiger partial charge is 0.348 e. The Labute approximate surface area is 210 Å². The Morgan fingerprint density at radius 1 is 1.09 bits per heavy atom. The first-order valence-corrected chi connectivity index (χ1v) is 12.2. The predicted octanol–water partition coefficient (Wildman–Crippen LogP) is 5.57. The van der Waals surface area contributed by atoms with Gasteiger partial charge in [0.15, 0.2) is 5.78 Å². The third kappa shape index (κ3) is 6.37. The molecule has 1 aromatic carbocycles. The Kier molecular flexibility index (Phi) is 9.78. The number of thiophene rings is 1. The van der Waals surface area contributed by atoms with E-state index < -0.39 is 17.7 Å². The van der Waals surface area contributed by atoms with Crippen LogP contribution < -0.4 is 4.74 Å². The highest BCUT2D eigenvalue weighted by molar-refractivity contribution is 7.14. The molecule has 1 heterocycles. The lowest BCUT2D eigenvalue weighted by Gasteiger charge is -2.15. The van der Waals surface area contributed by atoms with E-state index in [0.29, 0.717) is 10.4 Å². The van der Waals surface area contributed by atoms with Crippen LogP contribution in [0.1, 0.15) is 80.8 Å². The lowest BCUT2D eigenvalue weighted by Crippen LogP contribution is -2.12. The number of benzene rings is 1. The number of nitriles is 1. The zero-order valence-electron chi connectivity index (χ0n) is 21.2. The molecule has 0 aliphatic rings. The molecule has 8 heteroatoms. The number of carbonyl (C=O) groups excluding carboxylic acids is 3. The average molecular weight is 498 g/mol. The van der Waals surface area contributed by atoms with Crippen molar-refractivity contribution in [3.05, 3.63) is 55.3 Å². The van der Waals surface area contributed by atoms with Crippen LogP contribution in [0, 0.1) is 25.2 Å². The Hall–Kier alpha value is -3.44. The van der Waals surface area contributed by atoms with E-state index in [1.807, 2.05) is 39.0 Å². The Balaban J connectivity index is 2.51. The summed E-state index contributed by atoms with van der Waals surface area (Å²) < 4.78 is 15.7. The number of aryl methyl sites for hydroxylation is 1. The number of esters is 2. The zero-order valence-corrected chi connectivity index (χ0v) is 22.1. The fourth-order valence-corrected chi connectivity index (χ4v) is 4.82. The van der Waals surface area contributed by atoms with Gasteiger partial charge in [0.1, 0.15) is 16.7 Å². The number of allylic oxidation sites excluding steroid dienone is 1. The highest BCUT2D eigenvalue weighted by Gasteiger charge is 2.28. The molecule has 0 fully saturated rings. The van der Waals surface area contributed by atoms with E-state index in [1.165, 1.54) is 0 Å². The maximum Gasteiger partial charge on any atom is 0.348 e. The van der Waals surface area contributed by atoms with Gasteiger partial charge in [-0.1, -0.05) is 13.8 Å². The summed E-state index contributed by atoms with van der Waals surface area (Å²) in [4.78, 5) is 38.8. The van der Waals surface area contributed by atoms with E-state index in [0.717, 1.165) is 33.8 Å². The number of methoxy groups -OCH3 is 1. The van der Waals surface area contributed by atoms with Crippen LogP contribution in [0.5, 0.6) is 5.75 Å². The van der Waals surface area contributed by atoms with Gasteiger partial charge in [0.05, 0.1) is 31.5 Å². The standard InChI is InChI=1S/C27H31NO6S/c1-8-33-26(30)24-17(6)25(27(31)34-9-2)35-23(24)13-21(29)19(14-28)11-18-12-20(15(3)4)22(32-7)10-16(18)5/h10-12,15H,8-9,13H2,1-7H3. The quantitative estimate of drug-likeness (QED) is 0.240. The number of nitrogens with zero attached hydrogens (tertiary/aromatic N) is 1. The predicted molar refractivity (Wildman–Crippen MR) is 135 cm³/mol. The molecule has 0 atom stereocenters. The number of ketones is 1. The van der Waals surface area contributed by atoms with Crippen molar-refractivity contribution in [1.82, 2.24) is 0 Å². The SMILES string of the molecule is CCOC(=O)c1sc(CC(=O)C(C#N)=Cc2cc(C(C)C)c(OC)cc2C)c(C(=O)OCC)c1C. The number of hydrogen-bond acceptors (Lipinski definition) is 8. The summed E-state index contributed by atoms with van der Waals surface area (Å²) in [7, 11) is 1.61. The third-order valence-corrected chi connectivity index (χ3v) is 6.71. The van der Waals surface area contributed by atoms with Gasteiger partial charge in [-0.05, 0) is 74.1 Å². The molecular weight excluding hydrogens is 466 g/mol. The second-order valence-electron chi connectivity index (χ2n) is 8.17. The number of carbonyl (C=O) groups is 3. The van der Waals surface area contributed by atoms with Crippen LogP contribution in [0.3, 0.4) is 0 Å². The van der Waals surface area contributed by atoms with Gasteiger partial charge < -0.3 is 14.2 Å². The minimum Gasteiger partial charge on any atom is -0.496 e. The van der Waals surface area contributed by atoms with Gasteiger partial charge in [0, 0.05) is 11.3 Å². The van der Waals surface area contributed by atoms with Crippen molar-refractivity contribution in [3.63, 3.8) is 0 Å². The zero-order chi connectivity index (χ0) is 26.3. The van der Waals surface area contributed by atoms with E-state index in [1.54, 1.807) is 34.0 Å². The van der Waals surface area contributed by atoms with Crippen LogP contribution >= 0.6 is 11.3 Å². The Morgan fingerprint density at radius 2 is 1.71 bits per heavy atom. The molecule has 0 aliphatic carbocycles. The summed E-state index contributed by atoms with van der Waals surface area (Å²) in [6.07, 6.45) is 1.34. The van der Waals surface area contributed by atoms with Gasteiger partial charge in [-0.3, -0.25) is 4.79 Å². The second-order valence-corrected chi connectivity index (χ2v) is 9.28. The van der Waals surface area contributed by atoms with Crippen LogP contribution in [0.2, 0.25) is 0 Å². The number of hydrogen-bond donors (Lipinski definition) is 0. The average Bonchev–Trinajstić information content (AvgIpc) is 3.13. The summed E-state index contributed by atoms with van der Waals surface area (Å²) in [6.45, 7) is 11.3. The molecule has 0 amide bonds. The molecule has 1 aromatic heterocycles. The molecule has 0 saturated heterocycles. The van der Waals surface area contributed by atoms with Crippen LogP contribution in [-0.2, 0) is 20.7 Å². The topological polar surface area (TPSA) is 103 Å². The molecule has 7 nitrogen and oxygen atoms in total. The first kappa shape index (κ1) is 27.8. The van der Waals surface area contributed by atoms with Gasteiger partial charge >= 0.3 is 11.9 Å². The molecule has 2 rings (SSSR count). The Morgan fingerprint density at radius 3 is 2.26 bits per heavy atom. The summed E-state index contributed by atoms with van der Waals surface area (Å²) in [5.41, 5.74) is 3.09. The van der Waals surface area contributed by atoms with Crippen molar-refractivity contribution < 1.29 is 28.6 Å². The minimum atomic E-state index is -0.616. The normalized spacial score (nSPS) is 11.2. The molecular formula is C27H31NO6S. The highest BCUT2D eigenvalue weighted by atomic mass is 32.1. The third-order valence-electron chi connectivity index (χ3n) is 5.44. The monoisotopic (exact) mass is 497 g/mol. The fourth-order valence-electron chi connectivity index (χ4n) is 3.63. The van der Waals surface area contributed by atoms with Gasteiger partial charge in [0.2, 0.25) is 0 Å². The van der Waals surface area contributed by atoms with Gasteiger partial charge in [0.25, 0.3) is 0 Å². The van der Waals surface area contributed by atoms with Crippen molar-refractivity contribution in [2.24, 2.45) is 0 Å². The van der Waals surface area contributed by atoms with Crippen LogP contribution in [0.15, 0.2) is 17.7 Å². The van der Waals surface area contributed by atoms with Crippen molar-refractivity contribution in [3.8, 4) is 11.8 Å². The van der Waals surface area contributed by atoms with Crippen molar-refractivity contribution in [1.29, 1.82) is 5.26 Å². The first-order chi connectivity index (χ1) is 16.6. The summed E-state index contributed by atoms with van der Waals surface area (Å²) >= 11 is 1.02. The van der Waals surface area contributed by atoms with Crippen LogP contribution in [0.25, 0.3) is 6.08 Å². The molecule has 0 radical (unpaired) electrons. The number of Topliss-reactive ketones (excluding diaryl/α,β-unsaturated/α-hetero) is 1. The van der Waals surface area contributed by atoms with Crippen LogP contribution in [-0.4, -0.2) is 38.0 Å². The van der Waals surface area contributed by atoms with E-state index in [2.05, 4.69) is 0 Å². The lowest BCUT2D eigenvalue weighted by molar-refractivity contribution is -0.114. The van der Waals surface area contributed by atoms with E-state index in [4.69, 9.17) is 14.2 Å². The highest BCUT2D eigenvalue weighted by Crippen LogP contribution is 2.32. The second kappa shape index (κ2) is 12.3. The maximum absolute atomic E-state index is 13.2. The minimum absolute atomic E-state index is 0.0495. The summed E-state index contributed by atoms with van der Waals surface area (Å²) in [6, 6.07) is 5.79. The Bertz CT molecular complexity index is 1200. The van der Waals surface area contributed by atoms with Crippen molar-refractivity contribution in [2.75, 3.05) is 20.3 Å². The van der Waals surface area contributed by atoms with Crippen LogP contribution in [0.4, 0.5) is 0 Å². The van der Waals surface area contributed by atoms with E-state index in [-0.39, 0.29) is 41.6 Å². The molecule has 0 spiro atoms. The maximum atomic E-state index is 13.2. The molecule has 0 bridgehead atoms. The van der Waals surface area contributed by atoms with Crippen molar-refractivity contribution >= 4 is 35.1 Å². The molecule has 186 valence electrons. The molecule has 0 N–H and O–H groups in total. The number of rotatable bonds is 10. The first-order valence-electron chi connectivity index (χ1n) is 11.4. The molecule has 0 aliphatic heterocycles. The molecule has 2 aromatic rings. The largest absolute Gasteiger partial charge is 0.496 e. The fraction of sp³-hybridized carbons (Fsp3) is 0.407. The van der Waals surface area contributed by atoms with E-state index >= 15 is 0 Å².